The van der Waals surface area contributed by atoms with Gasteiger partial charge in [-0.2, -0.15) is 5.26 Å². The van der Waals surface area contributed by atoms with Gasteiger partial charge in [-0.05, 0) is 48.2 Å². The Hall–Kier alpha value is -2.25. The summed E-state index contributed by atoms with van der Waals surface area (Å²) in [5, 5.41) is 11.2. The van der Waals surface area contributed by atoms with Crippen molar-refractivity contribution in [3.63, 3.8) is 0 Å². The highest BCUT2D eigenvalue weighted by molar-refractivity contribution is 7.11. The van der Waals surface area contributed by atoms with E-state index in [1.54, 1.807) is 0 Å². The van der Waals surface area contributed by atoms with Gasteiger partial charge in [-0.25, -0.2) is 0 Å². The van der Waals surface area contributed by atoms with E-state index in [0.717, 1.165) is 16.2 Å². The fourth-order valence-electron chi connectivity index (χ4n) is 1.71. The largest absolute Gasteiger partial charge is 0.494 e. The number of allylic oxidation sites excluding steroid dienone is 1. The molecule has 2 aromatic rings. The lowest BCUT2D eigenvalue weighted by molar-refractivity contribution is 0.340. The minimum atomic E-state index is 0.494. The van der Waals surface area contributed by atoms with Crippen molar-refractivity contribution in [3.05, 3.63) is 52.2 Å². The summed E-state index contributed by atoms with van der Waals surface area (Å²) >= 11 is 1.50. The quantitative estimate of drug-likeness (QED) is 0.865. The summed E-state index contributed by atoms with van der Waals surface area (Å²) in [4.78, 5) is 0.883. The first-order valence-corrected chi connectivity index (χ1v) is 6.81. The molecule has 0 amide bonds. The Labute approximate surface area is 116 Å². The number of rotatable bonds is 4. The molecular formula is C15H14N2OS. The van der Waals surface area contributed by atoms with Crippen molar-refractivity contribution in [2.75, 3.05) is 6.61 Å². The van der Waals surface area contributed by atoms with E-state index in [4.69, 9.17) is 10.5 Å². The van der Waals surface area contributed by atoms with Gasteiger partial charge in [0.25, 0.3) is 0 Å². The number of thiophene rings is 1. The average molecular weight is 270 g/mol. The number of nitrogens with zero attached hydrogens (tertiary/aromatic N) is 1. The summed E-state index contributed by atoms with van der Waals surface area (Å²) in [6, 6.07) is 13.4. The normalized spacial score (nSPS) is 11.6. The Morgan fingerprint density at radius 1 is 1.32 bits per heavy atom. The molecule has 0 spiro atoms. The SMILES string of the molecule is CCOc1ccc(/C(N)=C(/C#N)c2cccs2)cc1. The van der Waals surface area contributed by atoms with Crippen LogP contribution in [0.3, 0.4) is 0 Å². The van der Waals surface area contributed by atoms with Crippen LogP contribution in [-0.4, -0.2) is 6.61 Å². The van der Waals surface area contributed by atoms with Gasteiger partial charge < -0.3 is 10.5 Å². The van der Waals surface area contributed by atoms with Crippen molar-refractivity contribution in [1.29, 1.82) is 5.26 Å². The molecule has 2 rings (SSSR count). The molecule has 0 fully saturated rings. The van der Waals surface area contributed by atoms with E-state index in [-0.39, 0.29) is 0 Å². The van der Waals surface area contributed by atoms with Gasteiger partial charge in [0.05, 0.1) is 17.9 Å². The predicted molar refractivity (Wildman–Crippen MR) is 78.5 cm³/mol. The van der Waals surface area contributed by atoms with E-state index >= 15 is 0 Å². The fraction of sp³-hybridized carbons (Fsp3) is 0.133. The molecule has 96 valence electrons. The Bertz CT molecular complexity index is 607. The van der Waals surface area contributed by atoms with Gasteiger partial charge in [0.2, 0.25) is 0 Å². The molecule has 1 aromatic heterocycles. The maximum absolute atomic E-state index is 9.26. The van der Waals surface area contributed by atoms with Crippen LogP contribution in [0.15, 0.2) is 41.8 Å². The standard InChI is InChI=1S/C15H14N2OS/c1-2-18-12-7-5-11(6-8-12)15(17)13(10-16)14-4-3-9-19-14/h3-9H,2,17H2,1H3/b15-13+. The van der Waals surface area contributed by atoms with Crippen LogP contribution in [0.4, 0.5) is 0 Å². The third-order valence-corrected chi connectivity index (χ3v) is 3.51. The van der Waals surface area contributed by atoms with Crippen LogP contribution in [-0.2, 0) is 0 Å². The Kier molecular flexibility index (Phi) is 4.22. The van der Waals surface area contributed by atoms with Gasteiger partial charge in [0.15, 0.2) is 0 Å². The van der Waals surface area contributed by atoms with Crippen LogP contribution < -0.4 is 10.5 Å². The smallest absolute Gasteiger partial charge is 0.119 e. The zero-order valence-electron chi connectivity index (χ0n) is 10.6. The van der Waals surface area contributed by atoms with Crippen LogP contribution in [0.1, 0.15) is 17.4 Å². The number of hydrogen-bond donors (Lipinski definition) is 1. The number of benzene rings is 1. The first-order chi connectivity index (χ1) is 9.26. The van der Waals surface area contributed by atoms with Crippen LogP contribution in [0, 0.1) is 11.3 Å². The molecule has 1 heterocycles. The van der Waals surface area contributed by atoms with Gasteiger partial charge in [-0.15, -0.1) is 11.3 Å². The van der Waals surface area contributed by atoms with Crippen LogP contribution >= 0.6 is 11.3 Å². The van der Waals surface area contributed by atoms with Crippen molar-refractivity contribution >= 4 is 22.6 Å². The van der Waals surface area contributed by atoms with E-state index in [9.17, 15) is 5.26 Å². The van der Waals surface area contributed by atoms with E-state index in [2.05, 4.69) is 6.07 Å². The van der Waals surface area contributed by atoms with Crippen molar-refractivity contribution in [2.45, 2.75) is 6.92 Å². The molecular weight excluding hydrogens is 256 g/mol. The maximum atomic E-state index is 9.26. The fourth-order valence-corrected chi connectivity index (χ4v) is 2.44. The van der Waals surface area contributed by atoms with E-state index in [1.807, 2.05) is 48.7 Å². The van der Waals surface area contributed by atoms with E-state index < -0.39 is 0 Å². The summed E-state index contributed by atoms with van der Waals surface area (Å²) in [7, 11) is 0. The zero-order valence-corrected chi connectivity index (χ0v) is 11.4. The number of nitrogens with two attached hydrogens (primary N) is 1. The number of hydrogen-bond acceptors (Lipinski definition) is 4. The van der Waals surface area contributed by atoms with Gasteiger partial charge in [-0.3, -0.25) is 0 Å². The second kappa shape index (κ2) is 6.07. The maximum Gasteiger partial charge on any atom is 0.119 e. The van der Waals surface area contributed by atoms with Gasteiger partial charge >= 0.3 is 0 Å². The molecule has 0 unspecified atom stereocenters. The monoisotopic (exact) mass is 270 g/mol. The van der Waals surface area contributed by atoms with Crippen LogP contribution in [0.2, 0.25) is 0 Å². The lowest BCUT2D eigenvalue weighted by Crippen LogP contribution is -2.00. The topological polar surface area (TPSA) is 59.0 Å². The highest BCUT2D eigenvalue weighted by Crippen LogP contribution is 2.26. The van der Waals surface area contributed by atoms with Crippen molar-refractivity contribution in [1.82, 2.24) is 0 Å². The number of nitriles is 1. The summed E-state index contributed by atoms with van der Waals surface area (Å²) in [5.74, 6) is 0.800. The zero-order chi connectivity index (χ0) is 13.7. The Morgan fingerprint density at radius 2 is 2.05 bits per heavy atom. The second-order valence-corrected chi connectivity index (χ2v) is 4.78. The average Bonchev–Trinajstić information content (AvgIpc) is 2.95. The summed E-state index contributed by atoms with van der Waals surface area (Å²) in [6.45, 7) is 2.57. The lowest BCUT2D eigenvalue weighted by atomic mass is 10.1. The summed E-state index contributed by atoms with van der Waals surface area (Å²) in [6.07, 6.45) is 0. The van der Waals surface area contributed by atoms with Crippen molar-refractivity contribution in [3.8, 4) is 11.8 Å². The highest BCUT2D eigenvalue weighted by Gasteiger charge is 2.09. The first-order valence-electron chi connectivity index (χ1n) is 5.93. The third-order valence-electron chi connectivity index (χ3n) is 2.63. The minimum absolute atomic E-state index is 0.494. The molecule has 0 aliphatic rings. The summed E-state index contributed by atoms with van der Waals surface area (Å²) in [5.41, 5.74) is 7.92. The minimum Gasteiger partial charge on any atom is -0.494 e. The van der Waals surface area contributed by atoms with Gasteiger partial charge in [-0.1, -0.05) is 6.07 Å². The van der Waals surface area contributed by atoms with Crippen molar-refractivity contribution in [2.24, 2.45) is 5.73 Å². The summed E-state index contributed by atoms with van der Waals surface area (Å²) < 4.78 is 5.38. The van der Waals surface area contributed by atoms with Crippen LogP contribution in [0.25, 0.3) is 11.3 Å². The lowest BCUT2D eigenvalue weighted by Gasteiger charge is -2.07. The molecule has 0 aliphatic carbocycles. The van der Waals surface area contributed by atoms with E-state index in [1.165, 1.54) is 11.3 Å². The Morgan fingerprint density at radius 3 is 2.58 bits per heavy atom. The van der Waals surface area contributed by atoms with Crippen molar-refractivity contribution < 1.29 is 4.74 Å². The third kappa shape index (κ3) is 2.95. The second-order valence-electron chi connectivity index (χ2n) is 3.84. The molecule has 0 saturated carbocycles. The van der Waals surface area contributed by atoms with Gasteiger partial charge in [0.1, 0.15) is 11.8 Å². The molecule has 0 bridgehead atoms. The molecule has 19 heavy (non-hydrogen) atoms. The molecule has 0 aliphatic heterocycles. The molecule has 0 atom stereocenters. The van der Waals surface area contributed by atoms with E-state index in [0.29, 0.717) is 17.9 Å². The van der Waals surface area contributed by atoms with Crippen LogP contribution in [0.5, 0.6) is 5.75 Å². The Balaban J connectivity index is 2.37. The molecule has 0 saturated heterocycles. The van der Waals surface area contributed by atoms with Gasteiger partial charge in [0, 0.05) is 4.88 Å². The molecule has 4 heteroatoms. The first kappa shape index (κ1) is 13.2. The molecule has 1 aromatic carbocycles. The predicted octanol–water partition coefficient (Wildman–Crippen LogP) is 3.50. The molecule has 2 N–H and O–H groups in total. The highest BCUT2D eigenvalue weighted by atomic mass is 32.1. The number of ether oxygens (including phenoxy) is 1. The molecule has 0 radical (unpaired) electrons. The molecule has 3 nitrogen and oxygen atoms in total.